The van der Waals surface area contributed by atoms with E-state index >= 15 is 0 Å². The molecule has 0 radical (unpaired) electrons. The number of carbonyl (C=O) groups excluding carboxylic acids is 1. The minimum Gasteiger partial charge on any atom is -0.357 e. The Bertz CT molecular complexity index is 811. The zero-order valence-electron chi connectivity index (χ0n) is 17.1. The molecule has 0 spiro atoms. The van der Waals surface area contributed by atoms with E-state index in [1.165, 1.54) is 0 Å². The fraction of sp³-hybridized carbons (Fsp3) is 0.600. The van der Waals surface area contributed by atoms with Crippen LogP contribution in [0.25, 0.3) is 0 Å². The molecule has 1 aromatic rings. The predicted octanol–water partition coefficient (Wildman–Crippen LogP) is 1.15. The van der Waals surface area contributed by atoms with Crippen LogP contribution in [-0.4, -0.2) is 68.8 Å². The number of aliphatic imine (C=N–C) groups is 1. The van der Waals surface area contributed by atoms with Crippen LogP contribution in [0.1, 0.15) is 38.2 Å². The minimum atomic E-state index is -3.39. The first-order valence-electron chi connectivity index (χ1n) is 10.4. The van der Waals surface area contributed by atoms with Gasteiger partial charge >= 0.3 is 0 Å². The molecule has 2 aliphatic rings. The number of guanidine groups is 1. The highest BCUT2D eigenvalue weighted by Gasteiger charge is 2.26. The molecule has 0 aliphatic carbocycles. The van der Waals surface area contributed by atoms with Crippen molar-refractivity contribution in [2.24, 2.45) is 4.99 Å². The highest BCUT2D eigenvalue weighted by Crippen LogP contribution is 2.21. The standard InChI is InChI=1S/C20H31N5O3S/c1-2-21-20(23-16-19(26)24-11-3-4-12-24)22-15-17-7-9-18(10-8-17)29(27,28)25-13-5-6-14-25/h7-10H,2-6,11-16H2,1H3,(H2,21,22,23). The van der Waals surface area contributed by atoms with Gasteiger partial charge in [0.05, 0.1) is 18.0 Å². The fourth-order valence-electron chi connectivity index (χ4n) is 3.59. The molecule has 2 saturated heterocycles. The lowest BCUT2D eigenvalue weighted by atomic mass is 10.2. The van der Waals surface area contributed by atoms with E-state index in [2.05, 4.69) is 15.6 Å². The molecule has 1 amide bonds. The van der Waals surface area contributed by atoms with Crippen LogP contribution in [-0.2, 0) is 21.4 Å². The molecule has 2 heterocycles. The molecule has 0 bridgehead atoms. The number of likely N-dealkylation sites (tertiary alicyclic amines) is 1. The van der Waals surface area contributed by atoms with Gasteiger partial charge in [0.1, 0.15) is 0 Å². The predicted molar refractivity (Wildman–Crippen MR) is 113 cm³/mol. The van der Waals surface area contributed by atoms with E-state index < -0.39 is 10.0 Å². The molecule has 1 aromatic carbocycles. The second-order valence-corrected chi connectivity index (χ2v) is 9.33. The van der Waals surface area contributed by atoms with E-state index in [1.54, 1.807) is 28.6 Å². The van der Waals surface area contributed by atoms with Crippen LogP contribution in [0.2, 0.25) is 0 Å². The maximum atomic E-state index is 12.6. The minimum absolute atomic E-state index is 0.0876. The average molecular weight is 422 g/mol. The number of sulfonamides is 1. The molecule has 2 N–H and O–H groups in total. The SMILES string of the molecule is CCNC(=NCc1ccc(S(=O)(=O)N2CCCC2)cc1)NCC(=O)N1CCCC1. The number of nitrogens with zero attached hydrogens (tertiary/aromatic N) is 3. The Morgan fingerprint density at radius 2 is 1.62 bits per heavy atom. The quantitative estimate of drug-likeness (QED) is 0.509. The van der Waals surface area contributed by atoms with Gasteiger partial charge in [0.25, 0.3) is 0 Å². The number of rotatable bonds is 7. The van der Waals surface area contributed by atoms with Crippen LogP contribution >= 0.6 is 0 Å². The third-order valence-electron chi connectivity index (χ3n) is 5.26. The van der Waals surface area contributed by atoms with Crippen molar-refractivity contribution < 1.29 is 13.2 Å². The largest absolute Gasteiger partial charge is 0.357 e. The topological polar surface area (TPSA) is 94.1 Å². The van der Waals surface area contributed by atoms with E-state index in [-0.39, 0.29) is 12.5 Å². The van der Waals surface area contributed by atoms with Gasteiger partial charge in [0, 0.05) is 32.7 Å². The molecule has 8 nitrogen and oxygen atoms in total. The first-order chi connectivity index (χ1) is 14.0. The zero-order valence-corrected chi connectivity index (χ0v) is 17.9. The number of benzene rings is 1. The number of nitrogens with one attached hydrogen (secondary N) is 2. The van der Waals surface area contributed by atoms with Gasteiger partial charge in [-0.3, -0.25) is 4.79 Å². The Labute approximate surface area is 173 Å². The van der Waals surface area contributed by atoms with Crippen LogP contribution in [0.4, 0.5) is 0 Å². The summed E-state index contributed by atoms with van der Waals surface area (Å²) in [5.74, 6) is 0.665. The second-order valence-electron chi connectivity index (χ2n) is 7.39. The summed E-state index contributed by atoms with van der Waals surface area (Å²) in [5, 5.41) is 6.22. The van der Waals surface area contributed by atoms with Crippen molar-refractivity contribution in [2.75, 3.05) is 39.3 Å². The number of carbonyl (C=O) groups is 1. The first kappa shape index (κ1) is 21.6. The normalized spacial score (nSPS) is 18.2. The summed E-state index contributed by atoms with van der Waals surface area (Å²) in [6.45, 7) is 6.15. The lowest BCUT2D eigenvalue weighted by molar-refractivity contribution is -0.128. The molecule has 2 aliphatic heterocycles. The Morgan fingerprint density at radius 3 is 2.24 bits per heavy atom. The van der Waals surface area contributed by atoms with Crippen molar-refractivity contribution in [3.63, 3.8) is 0 Å². The zero-order chi connectivity index (χ0) is 20.7. The van der Waals surface area contributed by atoms with Gasteiger partial charge in [-0.25, -0.2) is 13.4 Å². The number of hydrogen-bond acceptors (Lipinski definition) is 4. The molecular formula is C20H31N5O3S. The molecule has 160 valence electrons. The lowest BCUT2D eigenvalue weighted by Gasteiger charge is -2.17. The Hall–Kier alpha value is -2.13. The first-order valence-corrected chi connectivity index (χ1v) is 11.8. The Morgan fingerprint density at radius 1 is 1.00 bits per heavy atom. The molecule has 0 unspecified atom stereocenters. The van der Waals surface area contributed by atoms with Crippen molar-refractivity contribution in [3.8, 4) is 0 Å². The lowest BCUT2D eigenvalue weighted by Crippen LogP contribution is -2.44. The van der Waals surface area contributed by atoms with Gasteiger partial charge in [0.2, 0.25) is 15.9 Å². The van der Waals surface area contributed by atoms with Crippen molar-refractivity contribution in [1.29, 1.82) is 0 Å². The third-order valence-corrected chi connectivity index (χ3v) is 7.17. The van der Waals surface area contributed by atoms with Gasteiger partial charge in [-0.1, -0.05) is 12.1 Å². The molecule has 9 heteroatoms. The molecule has 2 fully saturated rings. The molecule has 0 saturated carbocycles. The van der Waals surface area contributed by atoms with Crippen LogP contribution < -0.4 is 10.6 Å². The summed E-state index contributed by atoms with van der Waals surface area (Å²) < 4.78 is 26.7. The average Bonchev–Trinajstić information content (AvgIpc) is 3.44. The highest BCUT2D eigenvalue weighted by molar-refractivity contribution is 7.89. The molecule has 0 atom stereocenters. The van der Waals surface area contributed by atoms with Gasteiger partial charge in [-0.2, -0.15) is 4.31 Å². The van der Waals surface area contributed by atoms with Crippen molar-refractivity contribution in [3.05, 3.63) is 29.8 Å². The second kappa shape index (κ2) is 10.1. The highest BCUT2D eigenvalue weighted by atomic mass is 32.2. The van der Waals surface area contributed by atoms with Crippen LogP contribution in [0.5, 0.6) is 0 Å². The van der Waals surface area contributed by atoms with Crippen molar-refractivity contribution in [1.82, 2.24) is 19.8 Å². The maximum absolute atomic E-state index is 12.6. The molecule has 29 heavy (non-hydrogen) atoms. The van der Waals surface area contributed by atoms with Crippen molar-refractivity contribution in [2.45, 2.75) is 44.0 Å². The van der Waals surface area contributed by atoms with E-state index in [0.717, 1.165) is 44.3 Å². The smallest absolute Gasteiger partial charge is 0.243 e. The summed E-state index contributed by atoms with van der Waals surface area (Å²) in [6, 6.07) is 6.89. The van der Waals surface area contributed by atoms with Gasteiger partial charge in [0.15, 0.2) is 5.96 Å². The summed E-state index contributed by atoms with van der Waals surface area (Å²) >= 11 is 0. The van der Waals surface area contributed by atoms with E-state index in [0.29, 0.717) is 37.0 Å². The van der Waals surface area contributed by atoms with Gasteiger partial charge in [-0.15, -0.1) is 0 Å². The van der Waals surface area contributed by atoms with Gasteiger partial charge in [-0.05, 0) is 50.3 Å². The van der Waals surface area contributed by atoms with E-state index in [1.807, 2.05) is 11.8 Å². The molecule has 3 rings (SSSR count). The number of hydrogen-bond donors (Lipinski definition) is 2. The molecular weight excluding hydrogens is 390 g/mol. The van der Waals surface area contributed by atoms with Crippen molar-refractivity contribution >= 4 is 21.9 Å². The summed E-state index contributed by atoms with van der Waals surface area (Å²) in [7, 11) is -3.39. The molecule has 0 aromatic heterocycles. The van der Waals surface area contributed by atoms with E-state index in [4.69, 9.17) is 0 Å². The monoisotopic (exact) mass is 421 g/mol. The third kappa shape index (κ3) is 5.70. The Kier molecular flexibility index (Phi) is 7.49. The summed E-state index contributed by atoms with van der Waals surface area (Å²) in [5.41, 5.74) is 0.911. The summed E-state index contributed by atoms with van der Waals surface area (Å²) in [6.07, 6.45) is 3.99. The Balaban J connectivity index is 1.57. The van der Waals surface area contributed by atoms with Gasteiger partial charge < -0.3 is 15.5 Å². The summed E-state index contributed by atoms with van der Waals surface area (Å²) in [4.78, 5) is 18.9. The maximum Gasteiger partial charge on any atom is 0.243 e. The number of amides is 1. The van der Waals surface area contributed by atoms with Crippen LogP contribution in [0.3, 0.4) is 0 Å². The van der Waals surface area contributed by atoms with Crippen LogP contribution in [0, 0.1) is 0 Å². The van der Waals surface area contributed by atoms with Crippen LogP contribution in [0.15, 0.2) is 34.2 Å². The van der Waals surface area contributed by atoms with E-state index in [9.17, 15) is 13.2 Å². The fourth-order valence-corrected chi connectivity index (χ4v) is 5.11.